The van der Waals surface area contributed by atoms with E-state index in [1.54, 1.807) is 0 Å². The van der Waals surface area contributed by atoms with Crippen LogP contribution in [0.25, 0.3) is 0 Å². The van der Waals surface area contributed by atoms with Gasteiger partial charge in [0.1, 0.15) is 11.3 Å². The third-order valence-corrected chi connectivity index (χ3v) is 7.11. The van der Waals surface area contributed by atoms with Crippen molar-refractivity contribution in [1.82, 2.24) is 20.4 Å². The van der Waals surface area contributed by atoms with Crippen molar-refractivity contribution in [3.8, 4) is 0 Å². The highest BCUT2D eigenvalue weighted by Gasteiger charge is 2.44. The molecule has 0 aliphatic carbocycles. The van der Waals surface area contributed by atoms with E-state index in [-0.39, 0.29) is 5.91 Å². The summed E-state index contributed by atoms with van der Waals surface area (Å²) in [6, 6.07) is 7.41. The first kappa shape index (κ1) is 24.2. The maximum Gasteiger partial charge on any atom is 0.269 e. The van der Waals surface area contributed by atoms with E-state index in [4.69, 9.17) is 33.4 Å². The summed E-state index contributed by atoms with van der Waals surface area (Å²) in [7, 11) is 0. The number of benzene rings is 1. The lowest BCUT2D eigenvalue weighted by Gasteiger charge is -2.38. The normalized spacial score (nSPS) is 20.3. The molecule has 1 amide bonds. The number of ether oxygens (including phenoxy) is 1. The van der Waals surface area contributed by atoms with Crippen LogP contribution >= 0.6 is 23.8 Å². The molecular weight excluding hydrogens is 462 g/mol. The summed E-state index contributed by atoms with van der Waals surface area (Å²) in [6.07, 6.45) is 3.18. The molecule has 0 saturated carbocycles. The van der Waals surface area contributed by atoms with Crippen LogP contribution in [-0.2, 0) is 20.9 Å². The van der Waals surface area contributed by atoms with E-state index in [0.29, 0.717) is 23.7 Å². The lowest BCUT2D eigenvalue weighted by molar-refractivity contribution is -0.115. The summed E-state index contributed by atoms with van der Waals surface area (Å²) in [6.45, 7) is 7.66. The summed E-state index contributed by atoms with van der Waals surface area (Å²) in [5.41, 5.74) is 1.05. The first-order chi connectivity index (χ1) is 16.0. The molecule has 3 heterocycles. The van der Waals surface area contributed by atoms with E-state index in [9.17, 15) is 4.79 Å². The lowest BCUT2D eigenvalue weighted by atomic mass is 9.87. The molecule has 0 unspecified atom stereocenters. The quantitative estimate of drug-likeness (QED) is 0.445. The topological polar surface area (TPSA) is 78.4 Å². The fourth-order valence-corrected chi connectivity index (χ4v) is 4.76. The molecule has 1 aromatic carbocycles. The molecule has 2 saturated heterocycles. The zero-order valence-electron chi connectivity index (χ0n) is 18.9. The van der Waals surface area contributed by atoms with Gasteiger partial charge in [0.2, 0.25) is 0 Å². The monoisotopic (exact) mass is 493 g/mol. The SMILES string of the molecule is O=C(NCc1ccc(Cl)cc1)C1=NOC2(CCN(C(=S)NCCCN3CCOCC3)CC2)C1. The summed E-state index contributed by atoms with van der Waals surface area (Å²) >= 11 is 11.5. The van der Waals surface area contributed by atoms with E-state index in [0.717, 1.165) is 82.4 Å². The number of hydrogen-bond donors (Lipinski definition) is 2. The number of piperidine rings is 1. The number of rotatable bonds is 7. The standard InChI is InChI=1S/C23H32ClN5O3S/c24-19-4-2-18(3-5-19)17-26-21(30)20-16-23(32-27-20)6-10-29(11-7-23)22(33)25-8-1-9-28-12-14-31-15-13-28/h2-5H,1,6-17H2,(H,25,33)(H,26,30). The fraction of sp³-hybridized carbons (Fsp3) is 0.609. The van der Waals surface area contributed by atoms with Gasteiger partial charge < -0.3 is 25.1 Å². The van der Waals surface area contributed by atoms with Gasteiger partial charge in [0.05, 0.1) is 13.2 Å². The maximum absolute atomic E-state index is 12.5. The molecule has 33 heavy (non-hydrogen) atoms. The van der Waals surface area contributed by atoms with E-state index < -0.39 is 5.60 Å². The van der Waals surface area contributed by atoms with Crippen molar-refractivity contribution in [3.05, 3.63) is 34.9 Å². The molecule has 0 atom stereocenters. The Morgan fingerprint density at radius 1 is 1.12 bits per heavy atom. The van der Waals surface area contributed by atoms with Crippen molar-refractivity contribution in [2.75, 3.05) is 52.5 Å². The molecule has 0 bridgehead atoms. The van der Waals surface area contributed by atoms with Gasteiger partial charge in [-0.15, -0.1) is 0 Å². The smallest absolute Gasteiger partial charge is 0.269 e. The van der Waals surface area contributed by atoms with Crippen molar-refractivity contribution in [2.24, 2.45) is 5.16 Å². The summed E-state index contributed by atoms with van der Waals surface area (Å²) in [4.78, 5) is 22.9. The number of nitrogens with one attached hydrogen (secondary N) is 2. The number of nitrogens with zero attached hydrogens (tertiary/aromatic N) is 3. The highest BCUT2D eigenvalue weighted by atomic mass is 35.5. The van der Waals surface area contributed by atoms with E-state index in [1.807, 2.05) is 24.3 Å². The largest absolute Gasteiger partial charge is 0.388 e. The molecule has 1 aromatic rings. The number of carbonyl (C=O) groups excluding carboxylic acids is 1. The molecule has 0 radical (unpaired) electrons. The first-order valence-corrected chi connectivity index (χ1v) is 12.4. The average Bonchev–Trinajstić information content (AvgIpc) is 3.26. The van der Waals surface area contributed by atoms with Gasteiger partial charge in [-0.1, -0.05) is 28.9 Å². The zero-order chi connectivity index (χ0) is 23.1. The minimum absolute atomic E-state index is 0.179. The van der Waals surface area contributed by atoms with Crippen molar-refractivity contribution >= 4 is 40.6 Å². The lowest BCUT2D eigenvalue weighted by Crippen LogP contribution is -2.50. The summed E-state index contributed by atoms with van der Waals surface area (Å²) < 4.78 is 5.39. The Hall–Kier alpha value is -1.94. The number of thiocarbonyl (C=S) groups is 1. The van der Waals surface area contributed by atoms with Crippen LogP contribution in [0.2, 0.25) is 5.02 Å². The molecule has 4 rings (SSSR count). The van der Waals surface area contributed by atoms with Crippen LogP contribution in [0.4, 0.5) is 0 Å². The number of hydrogen-bond acceptors (Lipinski definition) is 6. The predicted molar refractivity (Wildman–Crippen MR) is 132 cm³/mol. The van der Waals surface area contributed by atoms with E-state index >= 15 is 0 Å². The molecule has 180 valence electrons. The molecule has 2 fully saturated rings. The van der Waals surface area contributed by atoms with Crippen LogP contribution in [0.15, 0.2) is 29.4 Å². The van der Waals surface area contributed by atoms with Crippen molar-refractivity contribution in [2.45, 2.75) is 37.8 Å². The number of likely N-dealkylation sites (tertiary alicyclic amines) is 1. The maximum atomic E-state index is 12.5. The second-order valence-electron chi connectivity index (χ2n) is 8.82. The van der Waals surface area contributed by atoms with Crippen molar-refractivity contribution in [3.63, 3.8) is 0 Å². The average molecular weight is 494 g/mol. The minimum Gasteiger partial charge on any atom is -0.388 e. The Balaban J connectivity index is 1.14. The van der Waals surface area contributed by atoms with Gasteiger partial charge in [0.25, 0.3) is 5.91 Å². The molecule has 0 aromatic heterocycles. The summed E-state index contributed by atoms with van der Waals surface area (Å²) in [5.74, 6) is -0.179. The Bertz CT molecular complexity index is 852. The highest BCUT2D eigenvalue weighted by Crippen LogP contribution is 2.34. The van der Waals surface area contributed by atoms with Gasteiger partial charge in [-0.2, -0.15) is 0 Å². The second-order valence-corrected chi connectivity index (χ2v) is 9.65. The molecule has 3 aliphatic heterocycles. The van der Waals surface area contributed by atoms with Crippen molar-refractivity contribution < 1.29 is 14.4 Å². The molecule has 10 heteroatoms. The molecule has 1 spiro atoms. The second kappa shape index (κ2) is 11.5. The van der Waals surface area contributed by atoms with Gasteiger partial charge in [-0.25, -0.2) is 0 Å². The number of carbonyl (C=O) groups is 1. The van der Waals surface area contributed by atoms with Gasteiger partial charge in [0.15, 0.2) is 5.11 Å². The summed E-state index contributed by atoms with van der Waals surface area (Å²) in [5, 5.41) is 11.9. The third-order valence-electron chi connectivity index (χ3n) is 6.46. The molecule has 3 aliphatic rings. The minimum atomic E-state index is -0.393. The Morgan fingerprint density at radius 2 is 1.85 bits per heavy atom. The number of halogens is 1. The Kier molecular flexibility index (Phi) is 8.40. The van der Waals surface area contributed by atoms with Crippen LogP contribution < -0.4 is 10.6 Å². The van der Waals surface area contributed by atoms with Crippen molar-refractivity contribution in [1.29, 1.82) is 0 Å². The molecule has 8 nitrogen and oxygen atoms in total. The van der Waals surface area contributed by atoms with Crippen LogP contribution in [-0.4, -0.2) is 84.6 Å². The van der Waals surface area contributed by atoms with Gasteiger partial charge in [0, 0.05) is 63.6 Å². The Labute approximate surface area is 205 Å². The van der Waals surface area contributed by atoms with E-state index in [1.165, 1.54) is 0 Å². The molecule has 2 N–H and O–H groups in total. The van der Waals surface area contributed by atoms with Crippen LogP contribution in [0.5, 0.6) is 0 Å². The first-order valence-electron chi connectivity index (χ1n) is 11.6. The van der Waals surface area contributed by atoms with E-state index in [2.05, 4.69) is 25.6 Å². The fourth-order valence-electron chi connectivity index (χ4n) is 4.35. The Morgan fingerprint density at radius 3 is 2.58 bits per heavy atom. The predicted octanol–water partition coefficient (Wildman–Crippen LogP) is 2.16. The molecular formula is C23H32ClN5O3S. The van der Waals surface area contributed by atoms with Gasteiger partial charge in [-0.05, 0) is 42.9 Å². The third kappa shape index (κ3) is 6.79. The number of oxime groups is 1. The van der Waals surface area contributed by atoms with Gasteiger partial charge in [-0.3, -0.25) is 9.69 Å². The zero-order valence-corrected chi connectivity index (χ0v) is 20.4. The number of morpholine rings is 1. The highest BCUT2D eigenvalue weighted by molar-refractivity contribution is 7.80. The van der Waals surface area contributed by atoms with Gasteiger partial charge >= 0.3 is 0 Å². The van der Waals surface area contributed by atoms with Crippen LogP contribution in [0.1, 0.15) is 31.2 Å². The number of amides is 1. The van der Waals surface area contributed by atoms with Crippen LogP contribution in [0, 0.1) is 0 Å². The van der Waals surface area contributed by atoms with Crippen LogP contribution in [0.3, 0.4) is 0 Å².